The highest BCUT2D eigenvalue weighted by Crippen LogP contribution is 2.32. The van der Waals surface area contributed by atoms with Gasteiger partial charge in [0.25, 0.3) is 0 Å². The maximum Gasteiger partial charge on any atom is 0.335 e. The molecule has 0 saturated carbocycles. The molecule has 0 aliphatic rings. The van der Waals surface area contributed by atoms with Crippen LogP contribution in [0.15, 0.2) is 66.9 Å². The van der Waals surface area contributed by atoms with E-state index in [0.29, 0.717) is 15.6 Å². The van der Waals surface area contributed by atoms with Crippen LogP contribution in [0.25, 0.3) is 16.6 Å². The molecule has 4 rings (SSSR count). The highest BCUT2D eigenvalue weighted by molar-refractivity contribution is 6.41. The number of aromatic nitrogens is 1. The SMILES string of the molecule is Cc1cc(C(=O)O)ccc1-n1cc(C(=O)c2c(Cl)cccc2Cl)c2ccccc21. The van der Waals surface area contributed by atoms with E-state index >= 15 is 0 Å². The Morgan fingerprint density at radius 3 is 2.28 bits per heavy atom. The number of rotatable bonds is 4. The van der Waals surface area contributed by atoms with Crippen molar-refractivity contribution in [2.75, 3.05) is 0 Å². The summed E-state index contributed by atoms with van der Waals surface area (Å²) in [5.74, 6) is -1.25. The molecule has 0 saturated heterocycles. The summed E-state index contributed by atoms with van der Waals surface area (Å²) in [5.41, 5.74) is 3.33. The summed E-state index contributed by atoms with van der Waals surface area (Å²) in [6.07, 6.45) is 1.75. The second kappa shape index (κ2) is 7.39. The van der Waals surface area contributed by atoms with Crippen molar-refractivity contribution in [1.82, 2.24) is 4.57 Å². The lowest BCUT2D eigenvalue weighted by molar-refractivity contribution is 0.0696. The quantitative estimate of drug-likeness (QED) is 0.399. The monoisotopic (exact) mass is 423 g/mol. The van der Waals surface area contributed by atoms with Crippen LogP contribution in [0.5, 0.6) is 0 Å². The molecule has 6 heteroatoms. The zero-order chi connectivity index (χ0) is 20.7. The third-order valence-electron chi connectivity index (χ3n) is 4.85. The Balaban J connectivity index is 1.94. The van der Waals surface area contributed by atoms with E-state index in [1.165, 1.54) is 0 Å². The molecular weight excluding hydrogens is 409 g/mol. The minimum Gasteiger partial charge on any atom is -0.478 e. The predicted octanol–water partition coefficient (Wildman–Crippen LogP) is 6.17. The van der Waals surface area contributed by atoms with Crippen molar-refractivity contribution in [2.24, 2.45) is 0 Å². The molecule has 0 bridgehead atoms. The Hall–Kier alpha value is -3.08. The Morgan fingerprint density at radius 2 is 1.62 bits per heavy atom. The molecule has 0 atom stereocenters. The van der Waals surface area contributed by atoms with Gasteiger partial charge >= 0.3 is 5.97 Å². The van der Waals surface area contributed by atoms with Crippen molar-refractivity contribution in [3.8, 4) is 5.69 Å². The number of halogens is 2. The molecule has 4 aromatic rings. The first-order valence-corrected chi connectivity index (χ1v) is 9.57. The van der Waals surface area contributed by atoms with Crippen LogP contribution in [0.2, 0.25) is 10.0 Å². The Bertz CT molecular complexity index is 1270. The number of fused-ring (bicyclic) bond motifs is 1. The van der Waals surface area contributed by atoms with Crippen LogP contribution >= 0.6 is 23.2 Å². The Labute approximate surface area is 176 Å². The van der Waals surface area contributed by atoms with Gasteiger partial charge in [0.1, 0.15) is 0 Å². The minimum absolute atomic E-state index is 0.210. The van der Waals surface area contributed by atoms with Gasteiger partial charge in [0.05, 0.1) is 26.7 Å². The van der Waals surface area contributed by atoms with Crippen molar-refractivity contribution in [1.29, 1.82) is 0 Å². The van der Waals surface area contributed by atoms with Crippen molar-refractivity contribution in [2.45, 2.75) is 6.92 Å². The minimum atomic E-state index is -0.985. The maximum absolute atomic E-state index is 13.3. The molecule has 29 heavy (non-hydrogen) atoms. The molecule has 1 aromatic heterocycles. The Kier molecular flexibility index (Phi) is 4.91. The largest absolute Gasteiger partial charge is 0.478 e. The summed E-state index contributed by atoms with van der Waals surface area (Å²) in [6, 6.07) is 17.4. The first-order valence-electron chi connectivity index (χ1n) is 8.81. The number of para-hydroxylation sites is 1. The number of carbonyl (C=O) groups excluding carboxylic acids is 1. The second-order valence-electron chi connectivity index (χ2n) is 6.66. The zero-order valence-corrected chi connectivity index (χ0v) is 16.8. The highest BCUT2D eigenvalue weighted by Gasteiger charge is 2.22. The van der Waals surface area contributed by atoms with Gasteiger partial charge in [0, 0.05) is 22.8 Å². The third kappa shape index (κ3) is 3.31. The van der Waals surface area contributed by atoms with E-state index in [1.54, 1.807) is 42.6 Å². The highest BCUT2D eigenvalue weighted by atomic mass is 35.5. The second-order valence-corrected chi connectivity index (χ2v) is 7.48. The van der Waals surface area contributed by atoms with Gasteiger partial charge in [-0.15, -0.1) is 0 Å². The Morgan fingerprint density at radius 1 is 0.931 bits per heavy atom. The molecule has 144 valence electrons. The molecule has 3 aromatic carbocycles. The van der Waals surface area contributed by atoms with Gasteiger partial charge in [-0.05, 0) is 48.9 Å². The van der Waals surface area contributed by atoms with Crippen LogP contribution < -0.4 is 0 Å². The molecule has 0 aliphatic carbocycles. The molecule has 1 heterocycles. The summed E-state index contributed by atoms with van der Waals surface area (Å²) >= 11 is 12.5. The van der Waals surface area contributed by atoms with E-state index in [-0.39, 0.29) is 16.9 Å². The molecule has 0 fully saturated rings. The first-order chi connectivity index (χ1) is 13.9. The number of benzene rings is 3. The third-order valence-corrected chi connectivity index (χ3v) is 5.48. The van der Waals surface area contributed by atoms with Crippen LogP contribution in [0.3, 0.4) is 0 Å². The van der Waals surface area contributed by atoms with Gasteiger partial charge in [-0.25, -0.2) is 4.79 Å². The van der Waals surface area contributed by atoms with E-state index in [9.17, 15) is 14.7 Å². The molecule has 0 unspecified atom stereocenters. The molecule has 0 spiro atoms. The average molecular weight is 424 g/mol. The zero-order valence-electron chi connectivity index (χ0n) is 15.3. The fourth-order valence-corrected chi connectivity index (χ4v) is 4.04. The van der Waals surface area contributed by atoms with Gasteiger partial charge < -0.3 is 9.67 Å². The van der Waals surface area contributed by atoms with Crippen LogP contribution in [0, 0.1) is 6.92 Å². The molecule has 0 radical (unpaired) electrons. The van der Waals surface area contributed by atoms with Gasteiger partial charge in [-0.1, -0.05) is 47.5 Å². The van der Waals surface area contributed by atoms with Gasteiger partial charge in [-0.3, -0.25) is 4.79 Å². The van der Waals surface area contributed by atoms with E-state index in [2.05, 4.69) is 0 Å². The molecule has 4 nitrogen and oxygen atoms in total. The number of ketones is 1. The first kappa shape index (κ1) is 19.2. The van der Waals surface area contributed by atoms with Gasteiger partial charge in [-0.2, -0.15) is 0 Å². The summed E-state index contributed by atoms with van der Waals surface area (Å²) in [7, 11) is 0. The summed E-state index contributed by atoms with van der Waals surface area (Å²) in [4.78, 5) is 24.6. The van der Waals surface area contributed by atoms with E-state index in [4.69, 9.17) is 23.2 Å². The van der Waals surface area contributed by atoms with E-state index < -0.39 is 5.97 Å². The van der Waals surface area contributed by atoms with Gasteiger partial charge in [0.15, 0.2) is 5.78 Å². The van der Waals surface area contributed by atoms with Crippen molar-refractivity contribution >= 4 is 45.9 Å². The lowest BCUT2D eigenvalue weighted by atomic mass is 10.0. The standard InChI is InChI=1S/C23H15Cl2NO3/c1-13-11-14(23(28)29)9-10-19(13)26-12-16(15-5-2-3-8-20(15)26)22(27)21-17(24)6-4-7-18(21)25/h2-12H,1H3,(H,28,29). The lowest BCUT2D eigenvalue weighted by Gasteiger charge is -2.10. The van der Waals surface area contributed by atoms with Crippen LogP contribution in [0.4, 0.5) is 0 Å². The number of carboxylic acid groups (broad SMARTS) is 1. The fraction of sp³-hybridized carbons (Fsp3) is 0.0435. The van der Waals surface area contributed by atoms with Crippen molar-refractivity contribution < 1.29 is 14.7 Å². The predicted molar refractivity (Wildman–Crippen MR) is 115 cm³/mol. The molecule has 1 N–H and O–H groups in total. The molecule has 0 aliphatic heterocycles. The number of nitrogens with zero attached hydrogens (tertiary/aromatic N) is 1. The summed E-state index contributed by atoms with van der Waals surface area (Å²) in [6.45, 7) is 1.84. The maximum atomic E-state index is 13.3. The normalized spacial score (nSPS) is 11.0. The summed E-state index contributed by atoms with van der Waals surface area (Å²) < 4.78 is 1.88. The van der Waals surface area contributed by atoms with Gasteiger partial charge in [0.2, 0.25) is 0 Å². The number of hydrogen-bond acceptors (Lipinski definition) is 2. The van der Waals surface area contributed by atoms with Crippen molar-refractivity contribution in [3.05, 3.63) is 99.2 Å². The number of aryl methyl sites for hydroxylation is 1. The summed E-state index contributed by atoms with van der Waals surface area (Å²) in [5, 5.41) is 10.6. The van der Waals surface area contributed by atoms with Crippen molar-refractivity contribution in [3.63, 3.8) is 0 Å². The van der Waals surface area contributed by atoms with Crippen LogP contribution in [-0.4, -0.2) is 21.4 Å². The number of aromatic carboxylic acids is 1. The van der Waals surface area contributed by atoms with Crippen LogP contribution in [-0.2, 0) is 0 Å². The molecule has 0 amide bonds. The van der Waals surface area contributed by atoms with Crippen LogP contribution in [0.1, 0.15) is 31.8 Å². The lowest BCUT2D eigenvalue weighted by Crippen LogP contribution is -2.03. The average Bonchev–Trinajstić information content (AvgIpc) is 3.07. The topological polar surface area (TPSA) is 59.3 Å². The number of carbonyl (C=O) groups is 2. The smallest absolute Gasteiger partial charge is 0.335 e. The number of carboxylic acids is 1. The number of hydrogen-bond donors (Lipinski definition) is 1. The fourth-order valence-electron chi connectivity index (χ4n) is 3.47. The molecular formula is C23H15Cl2NO3. The van der Waals surface area contributed by atoms with E-state index in [1.807, 2.05) is 35.8 Å². The van der Waals surface area contributed by atoms with E-state index in [0.717, 1.165) is 22.2 Å².